The number of esters is 1. The Bertz CT molecular complexity index is 1290. The lowest BCUT2D eigenvalue weighted by Crippen LogP contribution is -3.08. The summed E-state index contributed by atoms with van der Waals surface area (Å²) in [6.45, 7) is 0.375. The van der Waals surface area contributed by atoms with Crippen LogP contribution in [0.15, 0.2) is 89.8 Å². The number of anilines is 1. The number of aromatic nitrogens is 1. The van der Waals surface area contributed by atoms with Crippen molar-refractivity contribution in [2.75, 3.05) is 12.4 Å². The van der Waals surface area contributed by atoms with Crippen molar-refractivity contribution >= 4 is 29.9 Å². The number of halogens is 1. The average Bonchev–Trinajstić information content (AvgIpc) is 3.54. The predicted molar refractivity (Wildman–Crippen MR) is 126 cm³/mol. The molecule has 0 bridgehead atoms. The Hall–Kier alpha value is -4.21. The van der Waals surface area contributed by atoms with Crippen LogP contribution in [0.3, 0.4) is 0 Å². The molecule has 0 saturated carbocycles. The first kappa shape index (κ1) is 26.4. The summed E-state index contributed by atoms with van der Waals surface area (Å²) < 4.78 is 6.49. The van der Waals surface area contributed by atoms with Gasteiger partial charge in [0.2, 0.25) is 5.91 Å². The van der Waals surface area contributed by atoms with E-state index in [-0.39, 0.29) is 29.7 Å². The minimum absolute atomic E-state index is 0. The summed E-state index contributed by atoms with van der Waals surface area (Å²) in [5.74, 6) is -2.08. The number of amides is 1. The van der Waals surface area contributed by atoms with E-state index in [1.54, 1.807) is 35.0 Å². The normalized spacial score (nSPS) is 14.9. The van der Waals surface area contributed by atoms with Crippen molar-refractivity contribution in [2.45, 2.75) is 19.0 Å². The number of methoxy groups -OCH3 is 1. The minimum atomic E-state index is -1.26. The van der Waals surface area contributed by atoms with E-state index < -0.39 is 18.0 Å². The van der Waals surface area contributed by atoms with Crippen molar-refractivity contribution in [2.24, 2.45) is 4.99 Å². The molecule has 2 atom stereocenters. The molecular weight excluding hydrogens is 484 g/mol. The van der Waals surface area contributed by atoms with Gasteiger partial charge in [-0.05, 0) is 29.8 Å². The summed E-state index contributed by atoms with van der Waals surface area (Å²) in [6, 6.07) is 19.3. The van der Waals surface area contributed by atoms with Crippen LogP contribution in [-0.4, -0.2) is 35.9 Å². The quantitative estimate of drug-likeness (QED) is 0.316. The molecule has 0 aliphatic carbocycles. The van der Waals surface area contributed by atoms with Crippen molar-refractivity contribution in [3.05, 3.63) is 102 Å². The summed E-state index contributed by atoms with van der Waals surface area (Å²) in [6.07, 6.45) is 4.84. The van der Waals surface area contributed by atoms with Gasteiger partial charge in [-0.2, -0.15) is 0 Å². The van der Waals surface area contributed by atoms with Gasteiger partial charge in [0.1, 0.15) is 24.2 Å². The lowest BCUT2D eigenvalue weighted by atomic mass is 10.0. The first-order chi connectivity index (χ1) is 17.0. The molecule has 10 heteroatoms. The topological polar surface area (TPSA) is 117 Å². The van der Waals surface area contributed by atoms with Crippen LogP contribution in [0.25, 0.3) is 0 Å². The number of hydrogen-bond donors (Lipinski definition) is 2. The number of hydrogen-bond acceptors (Lipinski definition) is 6. The monoisotopic (exact) mass is 507 g/mol. The summed E-state index contributed by atoms with van der Waals surface area (Å²) in [4.78, 5) is 41.3. The van der Waals surface area contributed by atoms with Gasteiger partial charge in [0.15, 0.2) is 12.0 Å². The van der Waals surface area contributed by atoms with Gasteiger partial charge in [0, 0.05) is 23.9 Å². The SMILES string of the molecule is COC(=O)c1cccn1C(Cc1ccccc1)C(=O)Nc1ccc(C[NH+]2C=NC=C2C(=O)[O-])cc1.[Cl-]. The van der Waals surface area contributed by atoms with Gasteiger partial charge in [-0.3, -0.25) is 9.69 Å². The molecule has 2 unspecified atom stereocenters. The number of carboxylic acids is 1. The molecule has 0 fully saturated rings. The van der Waals surface area contributed by atoms with Crippen molar-refractivity contribution in [1.29, 1.82) is 0 Å². The zero-order chi connectivity index (χ0) is 24.8. The van der Waals surface area contributed by atoms with E-state index in [9.17, 15) is 19.5 Å². The molecule has 186 valence electrons. The second-order valence-corrected chi connectivity index (χ2v) is 7.99. The molecule has 0 spiro atoms. The molecular formula is C26H24ClN4O5-. The van der Waals surface area contributed by atoms with Gasteiger partial charge in [-0.25, -0.2) is 9.79 Å². The molecule has 0 radical (unpaired) electrons. The number of nitrogens with zero attached hydrogens (tertiary/aromatic N) is 2. The van der Waals surface area contributed by atoms with Gasteiger partial charge in [0.05, 0.1) is 13.3 Å². The molecule has 1 aromatic heterocycles. The summed E-state index contributed by atoms with van der Waals surface area (Å²) in [5, 5.41) is 14.1. The number of carbonyl (C=O) groups is 3. The van der Waals surface area contributed by atoms with Gasteiger partial charge >= 0.3 is 5.97 Å². The lowest BCUT2D eigenvalue weighted by molar-refractivity contribution is -0.765. The van der Waals surface area contributed by atoms with E-state index in [1.807, 2.05) is 42.5 Å². The fourth-order valence-corrected chi connectivity index (χ4v) is 3.93. The Labute approximate surface area is 214 Å². The maximum atomic E-state index is 13.4. The van der Waals surface area contributed by atoms with Crippen LogP contribution in [0.4, 0.5) is 5.69 Å². The fourth-order valence-electron chi connectivity index (χ4n) is 3.93. The van der Waals surface area contributed by atoms with Crippen LogP contribution >= 0.6 is 0 Å². The third-order valence-electron chi connectivity index (χ3n) is 5.70. The maximum absolute atomic E-state index is 13.4. The highest BCUT2D eigenvalue weighted by Gasteiger charge is 2.25. The lowest BCUT2D eigenvalue weighted by Gasteiger charge is -2.21. The first-order valence-corrected chi connectivity index (χ1v) is 11.0. The molecule has 2 heterocycles. The number of aliphatic imine (C=N–C) groups is 1. The van der Waals surface area contributed by atoms with Crippen molar-refractivity contribution in [1.82, 2.24) is 4.57 Å². The highest BCUT2D eigenvalue weighted by molar-refractivity contribution is 5.95. The zero-order valence-electron chi connectivity index (χ0n) is 19.4. The number of aliphatic carboxylic acids is 1. The molecule has 1 aliphatic heterocycles. The highest BCUT2D eigenvalue weighted by Crippen LogP contribution is 2.21. The molecule has 2 N–H and O–H groups in total. The van der Waals surface area contributed by atoms with Crippen molar-refractivity contribution in [3.63, 3.8) is 0 Å². The molecule has 1 amide bonds. The maximum Gasteiger partial charge on any atom is 0.354 e. The van der Waals surface area contributed by atoms with Crippen LogP contribution in [0.1, 0.15) is 27.7 Å². The number of carboxylic acid groups (broad SMARTS) is 1. The molecule has 1 aliphatic rings. The molecule has 9 nitrogen and oxygen atoms in total. The Morgan fingerprint density at radius 1 is 1.03 bits per heavy atom. The molecule has 2 aromatic carbocycles. The Morgan fingerprint density at radius 3 is 2.42 bits per heavy atom. The van der Waals surface area contributed by atoms with E-state index in [2.05, 4.69) is 10.3 Å². The van der Waals surface area contributed by atoms with Crippen LogP contribution in [-0.2, 0) is 27.3 Å². The third-order valence-corrected chi connectivity index (χ3v) is 5.70. The van der Waals surface area contributed by atoms with Gasteiger partial charge in [-0.1, -0.05) is 42.5 Å². The first-order valence-electron chi connectivity index (χ1n) is 11.0. The standard InChI is InChI=1S/C26H24N4O5.ClH/c1-35-26(34)21-8-5-13-30(21)22(14-18-6-3-2-4-7-18)24(31)28-20-11-9-19(10-12-20)16-29-17-27-15-23(29)25(32)33;/h2-13,15,17,22H,14,16H2,1H3,(H,28,31)(H,32,33);1H/p-1. The highest BCUT2D eigenvalue weighted by atomic mass is 35.5. The zero-order valence-corrected chi connectivity index (χ0v) is 20.1. The van der Waals surface area contributed by atoms with Crippen LogP contribution in [0, 0.1) is 0 Å². The Morgan fingerprint density at radius 2 is 1.75 bits per heavy atom. The molecule has 0 saturated heterocycles. The Kier molecular flexibility index (Phi) is 8.77. The largest absolute Gasteiger partial charge is 1.00 e. The molecule has 36 heavy (non-hydrogen) atoms. The number of rotatable bonds is 9. The van der Waals surface area contributed by atoms with Gasteiger partial charge in [0.25, 0.3) is 0 Å². The number of quaternary nitrogens is 1. The van der Waals surface area contributed by atoms with E-state index in [4.69, 9.17) is 4.74 Å². The summed E-state index contributed by atoms with van der Waals surface area (Å²) >= 11 is 0. The van der Waals surface area contributed by atoms with E-state index in [0.717, 1.165) is 11.1 Å². The second-order valence-electron chi connectivity index (χ2n) is 7.99. The van der Waals surface area contributed by atoms with E-state index in [1.165, 1.54) is 19.6 Å². The minimum Gasteiger partial charge on any atom is -1.00 e. The molecule has 3 aromatic rings. The smallest absolute Gasteiger partial charge is 0.354 e. The van der Waals surface area contributed by atoms with Crippen LogP contribution in [0.2, 0.25) is 0 Å². The molecule has 4 rings (SSSR count). The van der Waals surface area contributed by atoms with Crippen molar-refractivity contribution in [3.8, 4) is 0 Å². The van der Waals surface area contributed by atoms with Crippen molar-refractivity contribution < 1.29 is 41.5 Å². The summed E-state index contributed by atoms with van der Waals surface area (Å²) in [5.41, 5.74) is 2.73. The van der Waals surface area contributed by atoms with Gasteiger partial charge < -0.3 is 36.9 Å². The number of nitrogens with one attached hydrogen (secondary N) is 2. The van der Waals surface area contributed by atoms with Gasteiger partial charge in [-0.15, -0.1) is 0 Å². The summed E-state index contributed by atoms with van der Waals surface area (Å²) in [7, 11) is 1.30. The van der Waals surface area contributed by atoms with Crippen LogP contribution < -0.4 is 27.7 Å². The predicted octanol–water partition coefficient (Wildman–Crippen LogP) is -2.28. The third kappa shape index (κ3) is 6.07. The van der Waals surface area contributed by atoms with Crippen LogP contribution in [0.5, 0.6) is 0 Å². The number of carbonyl (C=O) groups excluding carboxylic acids is 3. The van der Waals surface area contributed by atoms with E-state index in [0.29, 0.717) is 23.6 Å². The fraction of sp³-hybridized carbons (Fsp3) is 0.154. The van der Waals surface area contributed by atoms with E-state index >= 15 is 0 Å². The second kappa shape index (κ2) is 12.0. The Balaban J connectivity index is 0.00000361. The number of benzene rings is 2. The average molecular weight is 508 g/mol. The number of ether oxygens (including phenoxy) is 1.